The van der Waals surface area contributed by atoms with Crippen molar-refractivity contribution in [2.75, 3.05) is 5.75 Å². The standard InChI is InChI=1S/C15H14F4N2O3S/c1-3-9-12(14(23)24)13(22)20-21(9)10-5-11(7(2)4-8(10)16)25-6-15(17,18)19/h4-5H,3,6H2,1-2H3,(H,20,22)(H,23,24). The van der Waals surface area contributed by atoms with Crippen molar-refractivity contribution in [2.45, 2.75) is 31.3 Å². The van der Waals surface area contributed by atoms with Gasteiger partial charge in [0.25, 0.3) is 5.56 Å². The summed E-state index contributed by atoms with van der Waals surface area (Å²) < 4.78 is 52.6. The minimum atomic E-state index is -4.39. The minimum absolute atomic E-state index is 0.0343. The number of aromatic carboxylic acids is 1. The Bertz CT molecular complexity index is 871. The number of H-pyrrole nitrogens is 1. The highest BCUT2D eigenvalue weighted by Gasteiger charge is 2.28. The maximum atomic E-state index is 14.3. The maximum Gasteiger partial charge on any atom is 0.398 e. The number of hydrogen-bond donors (Lipinski definition) is 2. The second-order valence-corrected chi connectivity index (χ2v) is 6.25. The van der Waals surface area contributed by atoms with Crippen LogP contribution in [0, 0.1) is 12.7 Å². The van der Waals surface area contributed by atoms with Gasteiger partial charge in [-0.1, -0.05) is 6.92 Å². The van der Waals surface area contributed by atoms with Gasteiger partial charge in [0.05, 0.1) is 17.1 Å². The molecule has 1 heterocycles. The molecule has 0 bridgehead atoms. The van der Waals surface area contributed by atoms with Crippen LogP contribution in [0.5, 0.6) is 0 Å². The first-order chi connectivity index (χ1) is 11.5. The van der Waals surface area contributed by atoms with Crippen molar-refractivity contribution in [3.63, 3.8) is 0 Å². The first kappa shape index (κ1) is 19.1. The number of nitrogens with one attached hydrogen (secondary N) is 1. The van der Waals surface area contributed by atoms with Gasteiger partial charge in [-0.2, -0.15) is 13.2 Å². The number of carbonyl (C=O) groups is 1. The number of hydrogen-bond acceptors (Lipinski definition) is 3. The van der Waals surface area contributed by atoms with Crippen LogP contribution in [0.4, 0.5) is 17.6 Å². The highest BCUT2D eigenvalue weighted by Crippen LogP contribution is 2.32. The molecule has 0 atom stereocenters. The summed E-state index contributed by atoms with van der Waals surface area (Å²) in [4.78, 5) is 23.2. The average Bonchev–Trinajstić information content (AvgIpc) is 2.81. The molecule has 0 amide bonds. The molecule has 0 spiro atoms. The van der Waals surface area contributed by atoms with Crippen LogP contribution in [0.2, 0.25) is 0 Å². The smallest absolute Gasteiger partial charge is 0.398 e. The number of alkyl halides is 3. The van der Waals surface area contributed by atoms with E-state index in [9.17, 15) is 27.2 Å². The molecule has 10 heteroatoms. The fourth-order valence-electron chi connectivity index (χ4n) is 2.36. The van der Waals surface area contributed by atoms with Crippen molar-refractivity contribution in [3.05, 3.63) is 45.1 Å². The number of aromatic nitrogens is 2. The summed E-state index contributed by atoms with van der Waals surface area (Å²) in [5.74, 6) is -3.40. The quantitative estimate of drug-likeness (QED) is 0.617. The van der Waals surface area contributed by atoms with Crippen LogP contribution < -0.4 is 5.56 Å². The van der Waals surface area contributed by atoms with Crippen molar-refractivity contribution < 1.29 is 27.5 Å². The second kappa shape index (κ2) is 6.95. The number of benzene rings is 1. The lowest BCUT2D eigenvalue weighted by Gasteiger charge is -2.13. The minimum Gasteiger partial charge on any atom is -0.477 e. The van der Waals surface area contributed by atoms with E-state index < -0.39 is 34.8 Å². The van der Waals surface area contributed by atoms with Gasteiger partial charge >= 0.3 is 12.1 Å². The van der Waals surface area contributed by atoms with Crippen molar-refractivity contribution in [3.8, 4) is 5.69 Å². The lowest BCUT2D eigenvalue weighted by molar-refractivity contribution is -0.105. The molecule has 5 nitrogen and oxygen atoms in total. The molecule has 0 aliphatic carbocycles. The Morgan fingerprint density at radius 3 is 2.52 bits per heavy atom. The predicted octanol–water partition coefficient (Wildman–Crippen LogP) is 3.53. The van der Waals surface area contributed by atoms with Crippen LogP contribution in [-0.2, 0) is 6.42 Å². The Labute approximate surface area is 143 Å². The Balaban J connectivity index is 2.58. The normalized spacial score (nSPS) is 11.8. The van der Waals surface area contributed by atoms with E-state index in [1.165, 1.54) is 13.0 Å². The van der Waals surface area contributed by atoms with E-state index in [0.29, 0.717) is 17.3 Å². The SMILES string of the molecule is CCc1c(C(=O)O)c(=O)[nH]n1-c1cc(SCC(F)(F)F)c(C)cc1F. The van der Waals surface area contributed by atoms with Crippen molar-refractivity contribution in [1.82, 2.24) is 9.78 Å². The van der Waals surface area contributed by atoms with Crippen LogP contribution in [0.15, 0.2) is 21.8 Å². The Kier molecular flexibility index (Phi) is 5.31. The topological polar surface area (TPSA) is 75.1 Å². The molecule has 1 aromatic heterocycles. The first-order valence-corrected chi connectivity index (χ1v) is 8.11. The molecule has 0 aliphatic rings. The Morgan fingerprint density at radius 2 is 2.00 bits per heavy atom. The molecule has 0 unspecified atom stereocenters. The van der Waals surface area contributed by atoms with E-state index in [1.807, 2.05) is 0 Å². The van der Waals surface area contributed by atoms with Gasteiger partial charge < -0.3 is 5.11 Å². The van der Waals surface area contributed by atoms with Gasteiger partial charge in [-0.3, -0.25) is 14.6 Å². The van der Waals surface area contributed by atoms with E-state index in [-0.39, 0.29) is 22.7 Å². The highest BCUT2D eigenvalue weighted by atomic mass is 32.2. The molecule has 0 fully saturated rings. The van der Waals surface area contributed by atoms with Gasteiger partial charge in [-0.15, -0.1) is 11.8 Å². The molecule has 136 valence electrons. The monoisotopic (exact) mass is 378 g/mol. The van der Waals surface area contributed by atoms with Crippen LogP contribution in [-0.4, -0.2) is 32.8 Å². The van der Waals surface area contributed by atoms with E-state index in [1.54, 1.807) is 6.92 Å². The summed E-state index contributed by atoms with van der Waals surface area (Å²) in [6.45, 7) is 3.05. The third-order valence-electron chi connectivity index (χ3n) is 3.42. The largest absolute Gasteiger partial charge is 0.477 e. The molecular formula is C15H14F4N2O3S. The number of carboxylic acids is 1. The molecule has 0 saturated carbocycles. The highest BCUT2D eigenvalue weighted by molar-refractivity contribution is 7.99. The summed E-state index contributed by atoms with van der Waals surface area (Å²) in [7, 11) is 0. The van der Waals surface area contributed by atoms with Gasteiger partial charge in [0.15, 0.2) is 0 Å². The summed E-state index contributed by atoms with van der Waals surface area (Å²) >= 11 is 0.489. The van der Waals surface area contributed by atoms with Crippen LogP contribution >= 0.6 is 11.8 Å². The number of halogens is 4. The van der Waals surface area contributed by atoms with Gasteiger partial charge in [0.1, 0.15) is 11.4 Å². The zero-order valence-electron chi connectivity index (χ0n) is 13.2. The zero-order chi connectivity index (χ0) is 18.9. The van der Waals surface area contributed by atoms with E-state index >= 15 is 0 Å². The van der Waals surface area contributed by atoms with Gasteiger partial charge in [0.2, 0.25) is 0 Å². The molecule has 25 heavy (non-hydrogen) atoms. The number of aromatic amines is 1. The summed E-state index contributed by atoms with van der Waals surface area (Å²) in [6, 6.07) is 2.22. The third-order valence-corrected chi connectivity index (χ3v) is 4.65. The van der Waals surface area contributed by atoms with Crippen molar-refractivity contribution in [1.29, 1.82) is 0 Å². The third kappa shape index (κ3) is 4.06. The molecule has 0 aliphatic heterocycles. The number of aryl methyl sites for hydroxylation is 1. The number of nitrogens with zero attached hydrogens (tertiary/aromatic N) is 1. The van der Waals surface area contributed by atoms with Crippen molar-refractivity contribution >= 4 is 17.7 Å². The van der Waals surface area contributed by atoms with E-state index in [4.69, 9.17) is 5.11 Å². The molecule has 2 N–H and O–H groups in total. The van der Waals surface area contributed by atoms with Crippen LogP contribution in [0.25, 0.3) is 5.69 Å². The number of thioether (sulfide) groups is 1. The summed E-state index contributed by atoms with van der Waals surface area (Å²) in [5, 5.41) is 11.4. The summed E-state index contributed by atoms with van der Waals surface area (Å²) in [6.07, 6.45) is -4.28. The van der Waals surface area contributed by atoms with E-state index in [0.717, 1.165) is 10.7 Å². The molecule has 1 aromatic carbocycles. The Morgan fingerprint density at radius 1 is 1.36 bits per heavy atom. The fourth-order valence-corrected chi connectivity index (χ4v) is 3.16. The van der Waals surface area contributed by atoms with Crippen LogP contribution in [0.1, 0.15) is 28.5 Å². The molecular weight excluding hydrogens is 364 g/mol. The lowest BCUT2D eigenvalue weighted by atomic mass is 10.1. The van der Waals surface area contributed by atoms with Gasteiger partial charge in [-0.25, -0.2) is 9.18 Å². The molecule has 2 aromatic rings. The van der Waals surface area contributed by atoms with Crippen LogP contribution in [0.3, 0.4) is 0 Å². The second-order valence-electron chi connectivity index (χ2n) is 5.23. The van der Waals surface area contributed by atoms with E-state index in [2.05, 4.69) is 5.10 Å². The molecule has 2 rings (SSSR count). The summed E-state index contributed by atoms with van der Waals surface area (Å²) in [5.41, 5.74) is -1.30. The number of rotatable bonds is 5. The van der Waals surface area contributed by atoms with Crippen molar-refractivity contribution in [2.24, 2.45) is 0 Å². The average molecular weight is 378 g/mol. The lowest BCUT2D eigenvalue weighted by Crippen LogP contribution is -2.12. The van der Waals surface area contributed by atoms with Gasteiger partial charge in [0, 0.05) is 4.90 Å². The number of carboxylic acid groups (broad SMARTS) is 1. The predicted molar refractivity (Wildman–Crippen MR) is 84.2 cm³/mol. The molecule has 0 radical (unpaired) electrons. The van der Waals surface area contributed by atoms with Gasteiger partial charge in [-0.05, 0) is 31.0 Å². The fraction of sp³-hybridized carbons (Fsp3) is 0.333. The zero-order valence-corrected chi connectivity index (χ0v) is 14.0. The maximum absolute atomic E-state index is 14.3. The molecule has 0 saturated heterocycles. The Hall–Kier alpha value is -2.23. The first-order valence-electron chi connectivity index (χ1n) is 7.12.